The Labute approximate surface area is 110 Å². The van der Waals surface area contributed by atoms with Crippen molar-refractivity contribution in [2.45, 2.75) is 51.0 Å². The van der Waals surface area contributed by atoms with Gasteiger partial charge in [0.1, 0.15) is 12.6 Å². The van der Waals surface area contributed by atoms with Gasteiger partial charge in [0.05, 0.1) is 6.61 Å². The molecule has 1 atom stereocenters. The van der Waals surface area contributed by atoms with Crippen LogP contribution in [0.5, 0.6) is 0 Å². The first-order chi connectivity index (χ1) is 8.69. The van der Waals surface area contributed by atoms with Gasteiger partial charge in [0.15, 0.2) is 0 Å². The highest BCUT2D eigenvalue weighted by atomic mass is 16.5. The van der Waals surface area contributed by atoms with Crippen molar-refractivity contribution in [2.24, 2.45) is 23.2 Å². The number of aliphatic hydroxyl groups excluding tert-OH is 1. The van der Waals surface area contributed by atoms with E-state index in [2.05, 4.69) is 5.73 Å². The van der Waals surface area contributed by atoms with Gasteiger partial charge in [-0.05, 0) is 68.1 Å². The third-order valence-electron chi connectivity index (χ3n) is 5.59. The lowest BCUT2D eigenvalue weighted by Crippen LogP contribution is -2.56. The van der Waals surface area contributed by atoms with Crippen LogP contribution in [0.3, 0.4) is 0 Å². The first-order valence-corrected chi connectivity index (χ1v) is 7.74. The summed E-state index contributed by atoms with van der Waals surface area (Å²) in [5.74, 6) is 3.09. The summed E-state index contributed by atoms with van der Waals surface area (Å²) >= 11 is 0. The van der Waals surface area contributed by atoms with Crippen molar-refractivity contribution in [1.29, 1.82) is 0 Å². The van der Waals surface area contributed by atoms with Gasteiger partial charge in [-0.3, -0.25) is 0 Å². The largest absolute Gasteiger partial charge is 0.385 e. The number of hydrogen-bond acceptors (Lipinski definition) is 2. The van der Waals surface area contributed by atoms with Crippen LogP contribution in [-0.2, 0) is 4.74 Å². The average Bonchev–Trinajstić information content (AvgIpc) is 2.32. The number of ether oxygens (including phenoxy) is 1. The van der Waals surface area contributed by atoms with E-state index in [4.69, 9.17) is 4.74 Å². The van der Waals surface area contributed by atoms with Crippen LogP contribution in [0.1, 0.15) is 44.9 Å². The van der Waals surface area contributed by atoms with Crippen LogP contribution in [-0.4, -0.2) is 31.0 Å². The van der Waals surface area contributed by atoms with E-state index in [9.17, 15) is 5.11 Å². The van der Waals surface area contributed by atoms with Crippen LogP contribution >= 0.6 is 0 Å². The minimum atomic E-state index is -0.374. The van der Waals surface area contributed by atoms with Gasteiger partial charge >= 0.3 is 0 Å². The molecule has 0 saturated heterocycles. The molecule has 4 aliphatic rings. The summed E-state index contributed by atoms with van der Waals surface area (Å²) < 4.78 is 5.64. The average molecular weight is 254 g/mol. The van der Waals surface area contributed by atoms with Gasteiger partial charge in [0.25, 0.3) is 0 Å². The number of hydrogen-bond donors (Lipinski definition) is 2. The van der Waals surface area contributed by atoms with E-state index in [1.165, 1.54) is 44.9 Å². The molecular weight excluding hydrogens is 226 g/mol. The van der Waals surface area contributed by atoms with Crippen LogP contribution in [0.25, 0.3) is 0 Å². The van der Waals surface area contributed by atoms with Crippen molar-refractivity contribution in [1.82, 2.24) is 0 Å². The van der Waals surface area contributed by atoms with Crippen LogP contribution in [0.2, 0.25) is 0 Å². The predicted molar refractivity (Wildman–Crippen MR) is 69.8 cm³/mol. The van der Waals surface area contributed by atoms with Gasteiger partial charge < -0.3 is 15.6 Å². The van der Waals surface area contributed by atoms with E-state index in [0.29, 0.717) is 18.6 Å². The Bertz CT molecular complexity index is 257. The lowest BCUT2D eigenvalue weighted by Gasteiger charge is -2.57. The van der Waals surface area contributed by atoms with Gasteiger partial charge in [-0.15, -0.1) is 0 Å². The summed E-state index contributed by atoms with van der Waals surface area (Å²) in [4.78, 5) is 0. The quantitative estimate of drug-likeness (QED) is 0.700. The van der Waals surface area contributed by atoms with E-state index in [1.807, 2.05) is 0 Å². The second-order valence-electron chi connectivity index (χ2n) is 7.18. The third-order valence-corrected chi connectivity index (χ3v) is 5.59. The minimum Gasteiger partial charge on any atom is -0.385 e. The van der Waals surface area contributed by atoms with Gasteiger partial charge in [0, 0.05) is 6.61 Å². The van der Waals surface area contributed by atoms with E-state index < -0.39 is 0 Å². The van der Waals surface area contributed by atoms with Crippen molar-refractivity contribution in [2.75, 3.05) is 19.8 Å². The maximum absolute atomic E-state index is 9.43. The first-order valence-electron chi connectivity index (χ1n) is 7.74. The van der Waals surface area contributed by atoms with E-state index in [1.54, 1.807) is 0 Å². The highest BCUT2D eigenvalue weighted by Crippen LogP contribution is 2.61. The van der Waals surface area contributed by atoms with Crippen LogP contribution in [0.4, 0.5) is 0 Å². The Morgan fingerprint density at radius 3 is 2.17 bits per heavy atom. The zero-order valence-electron chi connectivity index (χ0n) is 11.4. The van der Waals surface area contributed by atoms with Crippen molar-refractivity contribution >= 4 is 0 Å². The Balaban J connectivity index is 1.47. The molecule has 4 fully saturated rings. The lowest BCUT2D eigenvalue weighted by atomic mass is 9.49. The summed E-state index contributed by atoms with van der Waals surface area (Å²) in [6.07, 6.45) is 9.77. The molecule has 4 aliphatic carbocycles. The monoisotopic (exact) mass is 254 g/mol. The second-order valence-corrected chi connectivity index (χ2v) is 7.18. The molecule has 0 aromatic carbocycles. The summed E-state index contributed by atoms with van der Waals surface area (Å²) in [6, 6.07) is 0. The van der Waals surface area contributed by atoms with Gasteiger partial charge in [-0.1, -0.05) is 0 Å². The zero-order valence-corrected chi connectivity index (χ0v) is 11.4. The Hall–Kier alpha value is -0.120. The van der Waals surface area contributed by atoms with E-state index in [0.717, 1.165) is 24.4 Å². The molecule has 0 aliphatic heterocycles. The molecule has 4 saturated carbocycles. The third kappa shape index (κ3) is 2.59. The number of aliphatic hydroxyl groups is 1. The van der Waals surface area contributed by atoms with E-state index >= 15 is 0 Å². The van der Waals surface area contributed by atoms with Crippen molar-refractivity contribution in [3.05, 3.63) is 0 Å². The normalized spacial score (nSPS) is 43.3. The fourth-order valence-electron chi connectivity index (χ4n) is 5.19. The topological polar surface area (TPSA) is 57.1 Å². The molecule has 4 N–H and O–H groups in total. The molecule has 3 nitrogen and oxygen atoms in total. The molecule has 0 aromatic heterocycles. The molecule has 18 heavy (non-hydrogen) atoms. The summed E-state index contributed by atoms with van der Waals surface area (Å²) in [5.41, 5.74) is 4.30. The highest BCUT2D eigenvalue weighted by molar-refractivity contribution is 5.01. The van der Waals surface area contributed by atoms with E-state index in [-0.39, 0.29) is 6.10 Å². The molecule has 0 spiro atoms. The van der Waals surface area contributed by atoms with Crippen molar-refractivity contribution < 1.29 is 15.6 Å². The molecule has 0 radical (unpaired) electrons. The molecule has 104 valence electrons. The number of quaternary nitrogens is 1. The van der Waals surface area contributed by atoms with Crippen molar-refractivity contribution in [3.63, 3.8) is 0 Å². The minimum absolute atomic E-state index is 0.374. The second kappa shape index (κ2) is 5.10. The Morgan fingerprint density at radius 1 is 1.11 bits per heavy atom. The van der Waals surface area contributed by atoms with Crippen molar-refractivity contribution in [3.8, 4) is 0 Å². The molecular formula is C15H28NO2+. The van der Waals surface area contributed by atoms with Gasteiger partial charge in [-0.25, -0.2) is 0 Å². The van der Waals surface area contributed by atoms with Crippen LogP contribution in [0.15, 0.2) is 0 Å². The zero-order chi connectivity index (χ0) is 12.6. The molecule has 0 amide bonds. The maximum Gasteiger partial charge on any atom is 0.126 e. The highest BCUT2D eigenvalue weighted by Gasteiger charge is 2.50. The first kappa shape index (κ1) is 12.9. The molecule has 0 aromatic rings. The Morgan fingerprint density at radius 2 is 1.67 bits per heavy atom. The molecule has 0 heterocycles. The molecule has 4 rings (SSSR count). The molecule has 4 bridgehead atoms. The van der Waals surface area contributed by atoms with Crippen LogP contribution < -0.4 is 5.73 Å². The molecule has 3 heteroatoms. The van der Waals surface area contributed by atoms with Gasteiger partial charge in [-0.2, -0.15) is 0 Å². The summed E-state index contributed by atoms with van der Waals surface area (Å²) in [6.45, 7) is 1.86. The standard InChI is InChI=1S/C15H27NO2/c16-9-14(17)10-18-2-1-15-6-11-3-12(7-15)5-13(4-11)8-15/h11-14,17H,1-10,16H2/p+1/t11?,12?,13?,14-,15?/m0/s1. The van der Waals surface area contributed by atoms with Gasteiger partial charge in [0.2, 0.25) is 0 Å². The van der Waals surface area contributed by atoms with Crippen LogP contribution in [0, 0.1) is 23.2 Å². The fraction of sp³-hybridized carbons (Fsp3) is 1.00. The predicted octanol–water partition coefficient (Wildman–Crippen LogP) is 1.21. The summed E-state index contributed by atoms with van der Waals surface area (Å²) in [7, 11) is 0. The lowest BCUT2D eigenvalue weighted by molar-refractivity contribution is -0.385. The SMILES string of the molecule is [NH3+]C[C@H](O)COCCC12CC3CC(CC(C3)C1)C2. The summed E-state index contributed by atoms with van der Waals surface area (Å²) in [5, 5.41) is 9.43. The fourth-order valence-corrected chi connectivity index (χ4v) is 5.19. The maximum atomic E-state index is 9.43. The molecule has 0 unspecified atom stereocenters. The smallest absolute Gasteiger partial charge is 0.126 e. The number of rotatable bonds is 6. The Kier molecular flexibility index (Phi) is 3.65.